The van der Waals surface area contributed by atoms with E-state index in [-0.39, 0.29) is 24.2 Å². The lowest BCUT2D eigenvalue weighted by Crippen LogP contribution is -2.42. The molecule has 1 aliphatic carbocycles. The van der Waals surface area contributed by atoms with Gasteiger partial charge in [-0.25, -0.2) is 0 Å². The largest absolute Gasteiger partial charge is 0.365 e. The molecular weight excluding hydrogens is 216 g/mol. The van der Waals surface area contributed by atoms with Crippen LogP contribution < -0.4 is 5.73 Å². The maximum Gasteiger partial charge on any atom is 0.251 e. The third-order valence-corrected chi connectivity index (χ3v) is 3.49. The van der Waals surface area contributed by atoms with Crippen molar-refractivity contribution >= 4 is 5.91 Å². The van der Waals surface area contributed by atoms with Crippen LogP contribution >= 0.6 is 0 Å². The van der Waals surface area contributed by atoms with Crippen molar-refractivity contribution in [2.24, 2.45) is 5.73 Å². The first-order valence-corrected chi connectivity index (χ1v) is 6.78. The Morgan fingerprint density at radius 1 is 1.41 bits per heavy atom. The summed E-state index contributed by atoms with van der Waals surface area (Å²) in [6.07, 6.45) is 3.92. The van der Waals surface area contributed by atoms with Crippen molar-refractivity contribution in [3.63, 3.8) is 0 Å². The molecule has 2 N–H and O–H groups in total. The number of carbonyl (C=O) groups is 1. The van der Waals surface area contributed by atoms with Crippen LogP contribution in [0.5, 0.6) is 0 Å². The van der Waals surface area contributed by atoms with Gasteiger partial charge in [0.2, 0.25) is 0 Å². The normalized spacial score (nSPS) is 26.6. The molecule has 1 fully saturated rings. The van der Waals surface area contributed by atoms with Crippen LogP contribution in [0.25, 0.3) is 0 Å². The van der Waals surface area contributed by atoms with Crippen LogP contribution in [0.1, 0.15) is 46.5 Å². The molecule has 4 nitrogen and oxygen atoms in total. The molecule has 1 amide bonds. The van der Waals surface area contributed by atoms with Gasteiger partial charge in [-0.15, -0.1) is 0 Å². The van der Waals surface area contributed by atoms with Crippen LogP contribution in [-0.4, -0.2) is 42.1 Å². The maximum atomic E-state index is 12.0. The number of amides is 1. The summed E-state index contributed by atoms with van der Waals surface area (Å²) in [4.78, 5) is 13.8. The van der Waals surface area contributed by atoms with E-state index in [1.54, 1.807) is 0 Å². The fourth-order valence-electron chi connectivity index (χ4n) is 2.44. The third-order valence-electron chi connectivity index (χ3n) is 3.49. The lowest BCUT2D eigenvalue weighted by atomic mass is 9.93. The first-order chi connectivity index (χ1) is 8.08. The number of likely N-dealkylation sites (N-methyl/N-ethyl adjacent to an activating group) is 1. The van der Waals surface area contributed by atoms with E-state index in [4.69, 9.17) is 10.5 Å². The Morgan fingerprint density at radius 3 is 2.59 bits per heavy atom. The van der Waals surface area contributed by atoms with E-state index in [1.807, 2.05) is 25.7 Å². The summed E-state index contributed by atoms with van der Waals surface area (Å²) in [5, 5.41) is 0. The fourth-order valence-corrected chi connectivity index (χ4v) is 2.44. The number of nitrogens with zero attached hydrogens (tertiary/aromatic N) is 1. The van der Waals surface area contributed by atoms with E-state index in [2.05, 4.69) is 0 Å². The molecule has 3 unspecified atom stereocenters. The molecule has 1 rings (SSSR count). The van der Waals surface area contributed by atoms with Crippen LogP contribution in [0.4, 0.5) is 0 Å². The number of hydrogen-bond acceptors (Lipinski definition) is 3. The van der Waals surface area contributed by atoms with Gasteiger partial charge in [0.05, 0.1) is 6.10 Å². The Balaban J connectivity index is 2.42. The van der Waals surface area contributed by atoms with Gasteiger partial charge in [0.1, 0.15) is 6.10 Å². The standard InChI is InChI=1S/C13H26N2O2/c1-4-15(5-2)13(16)10(3)17-12-8-6-7-11(14)9-12/h10-12H,4-9,14H2,1-3H3. The molecule has 0 heterocycles. The second kappa shape index (κ2) is 6.97. The minimum Gasteiger partial charge on any atom is -0.365 e. The summed E-state index contributed by atoms with van der Waals surface area (Å²) in [6.45, 7) is 7.32. The topological polar surface area (TPSA) is 55.6 Å². The van der Waals surface area contributed by atoms with Crippen molar-refractivity contribution in [1.29, 1.82) is 0 Å². The lowest BCUT2D eigenvalue weighted by Gasteiger charge is -2.30. The molecular formula is C13H26N2O2. The predicted octanol–water partition coefficient (Wildman–Crippen LogP) is 1.53. The first-order valence-electron chi connectivity index (χ1n) is 6.78. The third kappa shape index (κ3) is 4.28. The number of nitrogens with two attached hydrogens (primary N) is 1. The van der Waals surface area contributed by atoms with Crippen molar-refractivity contribution in [3.8, 4) is 0 Å². The van der Waals surface area contributed by atoms with Crippen LogP contribution in [0, 0.1) is 0 Å². The van der Waals surface area contributed by atoms with Crippen LogP contribution in [0.2, 0.25) is 0 Å². The number of ether oxygens (including phenoxy) is 1. The molecule has 0 radical (unpaired) electrons. The van der Waals surface area contributed by atoms with Gasteiger partial charge in [0.25, 0.3) is 5.91 Å². The SMILES string of the molecule is CCN(CC)C(=O)C(C)OC1CCCC(N)C1. The van der Waals surface area contributed by atoms with E-state index >= 15 is 0 Å². The van der Waals surface area contributed by atoms with Gasteiger partial charge in [-0.2, -0.15) is 0 Å². The molecule has 0 spiro atoms. The average molecular weight is 242 g/mol. The molecule has 0 aromatic carbocycles. The highest BCUT2D eigenvalue weighted by Crippen LogP contribution is 2.21. The zero-order valence-electron chi connectivity index (χ0n) is 11.3. The van der Waals surface area contributed by atoms with Crippen LogP contribution in [0.15, 0.2) is 0 Å². The van der Waals surface area contributed by atoms with Gasteiger partial charge in [0.15, 0.2) is 0 Å². The van der Waals surface area contributed by atoms with E-state index in [1.165, 1.54) is 0 Å². The minimum absolute atomic E-state index is 0.0918. The summed E-state index contributed by atoms with van der Waals surface area (Å²) in [6, 6.07) is 0.240. The number of rotatable bonds is 5. The molecule has 0 bridgehead atoms. The van der Waals surface area contributed by atoms with Crippen molar-refractivity contribution < 1.29 is 9.53 Å². The van der Waals surface area contributed by atoms with E-state index in [0.29, 0.717) is 0 Å². The molecule has 0 saturated heterocycles. The summed E-state index contributed by atoms with van der Waals surface area (Å²) < 4.78 is 5.84. The summed E-state index contributed by atoms with van der Waals surface area (Å²) >= 11 is 0. The Labute approximate surface area is 104 Å². The Morgan fingerprint density at radius 2 is 2.06 bits per heavy atom. The van der Waals surface area contributed by atoms with Gasteiger partial charge in [-0.3, -0.25) is 4.79 Å². The Hall–Kier alpha value is -0.610. The molecule has 100 valence electrons. The van der Waals surface area contributed by atoms with Gasteiger partial charge in [-0.05, 0) is 46.5 Å². The van der Waals surface area contributed by atoms with E-state index < -0.39 is 0 Å². The molecule has 1 saturated carbocycles. The second-order valence-electron chi connectivity index (χ2n) is 4.84. The smallest absolute Gasteiger partial charge is 0.251 e. The summed E-state index contributed by atoms with van der Waals surface area (Å²) in [5.41, 5.74) is 5.91. The van der Waals surface area contributed by atoms with Gasteiger partial charge in [0, 0.05) is 19.1 Å². The number of carbonyl (C=O) groups excluding carboxylic acids is 1. The Kier molecular flexibility index (Phi) is 5.92. The van der Waals surface area contributed by atoms with Gasteiger partial charge >= 0.3 is 0 Å². The minimum atomic E-state index is -0.342. The summed E-state index contributed by atoms with van der Waals surface area (Å²) in [7, 11) is 0. The molecule has 0 aliphatic heterocycles. The number of hydrogen-bond donors (Lipinski definition) is 1. The highest BCUT2D eigenvalue weighted by molar-refractivity contribution is 5.80. The predicted molar refractivity (Wildman–Crippen MR) is 68.7 cm³/mol. The Bertz CT molecular complexity index is 242. The monoisotopic (exact) mass is 242 g/mol. The zero-order valence-corrected chi connectivity index (χ0v) is 11.3. The van der Waals surface area contributed by atoms with Crippen molar-refractivity contribution in [2.75, 3.05) is 13.1 Å². The quantitative estimate of drug-likeness (QED) is 0.795. The second-order valence-corrected chi connectivity index (χ2v) is 4.84. The molecule has 17 heavy (non-hydrogen) atoms. The summed E-state index contributed by atoms with van der Waals surface area (Å²) in [5.74, 6) is 0.0918. The fraction of sp³-hybridized carbons (Fsp3) is 0.923. The average Bonchev–Trinajstić information content (AvgIpc) is 2.30. The van der Waals surface area contributed by atoms with Gasteiger partial charge in [-0.1, -0.05) is 0 Å². The van der Waals surface area contributed by atoms with E-state index in [9.17, 15) is 4.79 Å². The maximum absolute atomic E-state index is 12.0. The zero-order chi connectivity index (χ0) is 12.8. The molecule has 1 aliphatic rings. The van der Waals surface area contributed by atoms with Gasteiger partial charge < -0.3 is 15.4 Å². The highest BCUT2D eigenvalue weighted by Gasteiger charge is 2.25. The molecule has 3 atom stereocenters. The first kappa shape index (κ1) is 14.5. The van der Waals surface area contributed by atoms with Crippen LogP contribution in [-0.2, 0) is 9.53 Å². The molecule has 0 aromatic rings. The van der Waals surface area contributed by atoms with Crippen molar-refractivity contribution in [3.05, 3.63) is 0 Å². The van der Waals surface area contributed by atoms with Crippen molar-refractivity contribution in [1.82, 2.24) is 4.90 Å². The van der Waals surface area contributed by atoms with Crippen molar-refractivity contribution in [2.45, 2.75) is 64.7 Å². The molecule has 0 aromatic heterocycles. The van der Waals surface area contributed by atoms with Crippen LogP contribution in [0.3, 0.4) is 0 Å². The molecule has 4 heteroatoms. The lowest BCUT2D eigenvalue weighted by molar-refractivity contribution is -0.147. The highest BCUT2D eigenvalue weighted by atomic mass is 16.5. The van der Waals surface area contributed by atoms with E-state index in [0.717, 1.165) is 38.8 Å².